The zero-order valence-corrected chi connectivity index (χ0v) is 7.65. The van der Waals surface area contributed by atoms with Crippen LogP contribution in [0.2, 0.25) is 0 Å². The molecule has 3 nitrogen and oxygen atoms in total. The number of alkyl halides is 2. The molecule has 15 heavy (non-hydrogen) atoms. The molecule has 2 N–H and O–H groups in total. The van der Waals surface area contributed by atoms with Crippen LogP contribution in [0.15, 0.2) is 30.3 Å². The lowest BCUT2D eigenvalue weighted by molar-refractivity contribution is -0.0500. The van der Waals surface area contributed by atoms with E-state index in [1.54, 1.807) is 18.2 Å². The van der Waals surface area contributed by atoms with Gasteiger partial charge in [0, 0.05) is 11.6 Å². The second kappa shape index (κ2) is 4.96. The first-order chi connectivity index (χ1) is 7.15. The Balaban J connectivity index is 3.07. The Labute approximate surface area is 85.4 Å². The maximum Gasteiger partial charge on any atom is 0.387 e. The topological polar surface area (TPSA) is 59.0 Å². The van der Waals surface area contributed by atoms with Gasteiger partial charge in [0.25, 0.3) is 0 Å². The van der Waals surface area contributed by atoms with Crippen molar-refractivity contribution in [3.63, 3.8) is 0 Å². The summed E-state index contributed by atoms with van der Waals surface area (Å²) in [6, 6.07) is 7.74. The van der Waals surface area contributed by atoms with Crippen LogP contribution in [0.3, 0.4) is 0 Å². The molecule has 0 saturated carbocycles. The van der Waals surface area contributed by atoms with E-state index in [1.807, 2.05) is 0 Å². The molecule has 0 aromatic heterocycles. The van der Waals surface area contributed by atoms with Crippen molar-refractivity contribution in [1.29, 1.82) is 5.26 Å². The molecule has 1 aromatic carbocycles. The molecule has 0 unspecified atom stereocenters. The summed E-state index contributed by atoms with van der Waals surface area (Å²) in [4.78, 5) is 0. The van der Waals surface area contributed by atoms with Crippen LogP contribution in [0.1, 0.15) is 5.56 Å². The molecule has 0 bridgehead atoms. The zero-order valence-electron chi connectivity index (χ0n) is 7.65. The number of rotatable bonds is 3. The van der Waals surface area contributed by atoms with Crippen molar-refractivity contribution in [1.82, 2.24) is 0 Å². The van der Waals surface area contributed by atoms with Gasteiger partial charge in [-0.2, -0.15) is 14.0 Å². The summed E-state index contributed by atoms with van der Waals surface area (Å²) in [7, 11) is 0. The van der Waals surface area contributed by atoms with Crippen molar-refractivity contribution < 1.29 is 13.5 Å². The van der Waals surface area contributed by atoms with Crippen LogP contribution in [0.5, 0.6) is 5.75 Å². The van der Waals surface area contributed by atoms with Gasteiger partial charge < -0.3 is 10.5 Å². The minimum atomic E-state index is -2.92. The van der Waals surface area contributed by atoms with Gasteiger partial charge in [-0.05, 0) is 12.1 Å². The summed E-state index contributed by atoms with van der Waals surface area (Å²) in [5.74, 6) is -0.0449. The summed E-state index contributed by atoms with van der Waals surface area (Å²) in [5.41, 5.74) is 5.86. The van der Waals surface area contributed by atoms with Gasteiger partial charge in [0.2, 0.25) is 0 Å². The fourth-order valence-electron chi connectivity index (χ4n) is 1.05. The van der Waals surface area contributed by atoms with Crippen LogP contribution in [0.25, 0.3) is 5.70 Å². The van der Waals surface area contributed by atoms with Crippen molar-refractivity contribution in [2.24, 2.45) is 5.73 Å². The molecule has 0 heterocycles. The highest BCUT2D eigenvalue weighted by molar-refractivity contribution is 5.69. The smallest absolute Gasteiger partial charge is 0.387 e. The van der Waals surface area contributed by atoms with Crippen LogP contribution >= 0.6 is 0 Å². The number of nitriles is 1. The summed E-state index contributed by atoms with van der Waals surface area (Å²) in [6.45, 7) is -2.92. The van der Waals surface area contributed by atoms with Gasteiger partial charge in [0.15, 0.2) is 0 Å². The molecule has 0 fully saturated rings. The largest absolute Gasteiger partial charge is 0.434 e. The number of hydrogen-bond acceptors (Lipinski definition) is 3. The first-order valence-corrected chi connectivity index (χ1v) is 4.04. The molecule has 0 radical (unpaired) electrons. The van der Waals surface area contributed by atoms with Crippen LogP contribution in [-0.2, 0) is 0 Å². The lowest BCUT2D eigenvalue weighted by Crippen LogP contribution is -2.06. The fourth-order valence-corrected chi connectivity index (χ4v) is 1.05. The van der Waals surface area contributed by atoms with Gasteiger partial charge in [-0.3, -0.25) is 0 Å². The zero-order chi connectivity index (χ0) is 11.3. The monoisotopic (exact) mass is 210 g/mol. The molecule has 0 spiro atoms. The van der Waals surface area contributed by atoms with Crippen LogP contribution in [0.4, 0.5) is 8.78 Å². The predicted octanol–water partition coefficient (Wildman–Crippen LogP) is 2.11. The Morgan fingerprint density at radius 1 is 1.47 bits per heavy atom. The van der Waals surface area contributed by atoms with E-state index in [4.69, 9.17) is 11.0 Å². The number of para-hydroxylation sites is 1. The van der Waals surface area contributed by atoms with E-state index < -0.39 is 6.61 Å². The normalized spacial score (nSPS) is 11.2. The van der Waals surface area contributed by atoms with E-state index in [0.29, 0.717) is 0 Å². The van der Waals surface area contributed by atoms with E-state index in [1.165, 1.54) is 12.1 Å². The predicted molar refractivity (Wildman–Crippen MR) is 50.9 cm³/mol. The highest BCUT2D eigenvalue weighted by Crippen LogP contribution is 2.24. The van der Waals surface area contributed by atoms with Crippen LogP contribution < -0.4 is 10.5 Å². The summed E-state index contributed by atoms with van der Waals surface area (Å²) in [6.07, 6.45) is 1.06. The lowest BCUT2D eigenvalue weighted by Gasteiger charge is -2.09. The standard InChI is InChI=1S/C10H8F2N2O/c11-10(12)15-9-4-2-1-3-7(9)8(14)5-6-13/h1-5,10H,14H2/b8-5+. The third-order valence-corrected chi connectivity index (χ3v) is 1.63. The molecule has 1 aromatic rings. The SMILES string of the molecule is N#C/C=C(/N)c1ccccc1OC(F)F. The van der Waals surface area contributed by atoms with Crippen molar-refractivity contribution in [3.8, 4) is 11.8 Å². The first-order valence-electron chi connectivity index (χ1n) is 4.04. The average molecular weight is 210 g/mol. The Kier molecular flexibility index (Phi) is 3.63. The first kappa shape index (κ1) is 11.0. The minimum Gasteiger partial charge on any atom is -0.434 e. The number of ether oxygens (including phenoxy) is 1. The molecule has 5 heteroatoms. The average Bonchev–Trinajstić information content (AvgIpc) is 2.18. The molecule has 78 valence electrons. The number of halogens is 2. The molecule has 0 atom stereocenters. The Bertz CT molecular complexity index is 410. The van der Waals surface area contributed by atoms with E-state index in [0.717, 1.165) is 6.08 Å². The van der Waals surface area contributed by atoms with Gasteiger partial charge in [-0.25, -0.2) is 0 Å². The molecule has 0 amide bonds. The quantitative estimate of drug-likeness (QED) is 0.777. The van der Waals surface area contributed by atoms with Crippen LogP contribution in [-0.4, -0.2) is 6.61 Å². The molecule has 0 aliphatic rings. The van der Waals surface area contributed by atoms with E-state index in [2.05, 4.69) is 4.74 Å². The van der Waals surface area contributed by atoms with Gasteiger partial charge in [-0.15, -0.1) is 0 Å². The van der Waals surface area contributed by atoms with Crippen LogP contribution in [0, 0.1) is 11.3 Å². The second-order valence-electron chi connectivity index (χ2n) is 2.60. The van der Waals surface area contributed by atoms with Gasteiger partial charge in [0.05, 0.1) is 11.8 Å². The third kappa shape index (κ3) is 2.95. The minimum absolute atomic E-state index is 0.0449. The maximum absolute atomic E-state index is 12.0. The number of benzene rings is 1. The van der Waals surface area contributed by atoms with E-state index in [9.17, 15) is 8.78 Å². The number of nitrogens with zero attached hydrogens (tertiary/aromatic N) is 1. The van der Waals surface area contributed by atoms with Crippen molar-refractivity contribution in [2.75, 3.05) is 0 Å². The summed E-state index contributed by atoms with van der Waals surface area (Å²) < 4.78 is 28.3. The lowest BCUT2D eigenvalue weighted by atomic mass is 10.1. The molecule has 0 saturated heterocycles. The molecule has 1 rings (SSSR count). The fraction of sp³-hybridized carbons (Fsp3) is 0.100. The number of allylic oxidation sites excluding steroid dienone is 1. The molecule has 0 aliphatic carbocycles. The van der Waals surface area contributed by atoms with Gasteiger partial charge in [0.1, 0.15) is 5.75 Å². The van der Waals surface area contributed by atoms with Gasteiger partial charge >= 0.3 is 6.61 Å². The van der Waals surface area contributed by atoms with Crippen molar-refractivity contribution in [2.45, 2.75) is 6.61 Å². The highest BCUT2D eigenvalue weighted by Gasteiger charge is 2.10. The number of hydrogen-bond donors (Lipinski definition) is 1. The van der Waals surface area contributed by atoms with Crippen molar-refractivity contribution in [3.05, 3.63) is 35.9 Å². The number of nitrogens with two attached hydrogens (primary N) is 1. The Hall–Kier alpha value is -2.09. The van der Waals surface area contributed by atoms with Crippen molar-refractivity contribution >= 4 is 5.70 Å². The van der Waals surface area contributed by atoms with Gasteiger partial charge in [-0.1, -0.05) is 12.1 Å². The molecular formula is C10H8F2N2O. The second-order valence-corrected chi connectivity index (χ2v) is 2.60. The summed E-state index contributed by atoms with van der Waals surface area (Å²) >= 11 is 0. The Morgan fingerprint density at radius 3 is 2.73 bits per heavy atom. The molecular weight excluding hydrogens is 202 g/mol. The maximum atomic E-state index is 12.0. The highest BCUT2D eigenvalue weighted by atomic mass is 19.3. The van der Waals surface area contributed by atoms with E-state index in [-0.39, 0.29) is 17.0 Å². The third-order valence-electron chi connectivity index (χ3n) is 1.63. The van der Waals surface area contributed by atoms with E-state index >= 15 is 0 Å². The summed E-state index contributed by atoms with van der Waals surface area (Å²) in [5, 5.41) is 8.38. The molecule has 0 aliphatic heterocycles. The Morgan fingerprint density at radius 2 is 2.13 bits per heavy atom.